The van der Waals surface area contributed by atoms with Crippen molar-refractivity contribution in [3.05, 3.63) is 47.7 Å². The number of hydrogen-bond donors (Lipinski definition) is 3. The number of hydrogen-bond acceptors (Lipinski definition) is 3. The fourth-order valence-corrected chi connectivity index (χ4v) is 3.14. The molecule has 6 nitrogen and oxygen atoms in total. The molecule has 1 aliphatic carbocycles. The minimum Gasteiger partial charge on any atom is -0.388 e. The fraction of sp³-hybridized carbons (Fsp3) is 0.474. The van der Waals surface area contributed by atoms with Gasteiger partial charge in [0, 0.05) is 25.1 Å². The molecule has 3 rings (SSSR count). The monoisotopic (exact) mass is 342 g/mol. The van der Waals surface area contributed by atoms with E-state index in [1.165, 1.54) is 0 Å². The van der Waals surface area contributed by atoms with Crippen LogP contribution in [0.2, 0.25) is 0 Å². The lowest BCUT2D eigenvalue weighted by Crippen LogP contribution is -2.36. The van der Waals surface area contributed by atoms with E-state index in [1.807, 2.05) is 43.4 Å². The summed E-state index contributed by atoms with van der Waals surface area (Å²) in [5.41, 5.74) is 1.62. The zero-order valence-corrected chi connectivity index (χ0v) is 14.8. The topological polar surface area (TPSA) is 79.2 Å². The van der Waals surface area contributed by atoms with Crippen LogP contribution in [0.25, 0.3) is 0 Å². The van der Waals surface area contributed by atoms with Gasteiger partial charge in [0.15, 0.2) is 0 Å². The number of amides is 2. The van der Waals surface area contributed by atoms with Crippen molar-refractivity contribution in [2.75, 3.05) is 11.9 Å². The van der Waals surface area contributed by atoms with E-state index >= 15 is 0 Å². The van der Waals surface area contributed by atoms with E-state index in [4.69, 9.17) is 0 Å². The Morgan fingerprint density at radius 3 is 2.72 bits per heavy atom. The molecule has 3 N–H and O–H groups in total. The summed E-state index contributed by atoms with van der Waals surface area (Å²) < 4.78 is 1.68. The predicted molar refractivity (Wildman–Crippen MR) is 97.3 cm³/mol. The summed E-state index contributed by atoms with van der Waals surface area (Å²) in [4.78, 5) is 12.2. The number of benzene rings is 1. The van der Waals surface area contributed by atoms with Gasteiger partial charge in [0.2, 0.25) is 0 Å². The summed E-state index contributed by atoms with van der Waals surface area (Å²) in [5, 5.41) is 20.7. The van der Waals surface area contributed by atoms with Gasteiger partial charge in [-0.1, -0.05) is 43.7 Å². The minimum absolute atomic E-state index is 0.251. The number of aliphatic hydroxyl groups is 1. The number of anilines is 1. The first-order chi connectivity index (χ1) is 12.0. The second kappa shape index (κ2) is 7.27. The van der Waals surface area contributed by atoms with Crippen LogP contribution in [0.5, 0.6) is 0 Å². The summed E-state index contributed by atoms with van der Waals surface area (Å²) in [6.07, 6.45) is 3.18. The van der Waals surface area contributed by atoms with Crippen molar-refractivity contribution in [3.8, 4) is 0 Å². The van der Waals surface area contributed by atoms with E-state index in [-0.39, 0.29) is 11.4 Å². The number of rotatable bonds is 7. The van der Waals surface area contributed by atoms with Crippen LogP contribution < -0.4 is 10.6 Å². The number of aromatic nitrogens is 2. The number of carbonyl (C=O) groups excluding carboxylic acids is 1. The van der Waals surface area contributed by atoms with Gasteiger partial charge in [0.05, 0.1) is 11.8 Å². The summed E-state index contributed by atoms with van der Waals surface area (Å²) in [5.74, 6) is 0.675. The van der Waals surface area contributed by atoms with E-state index in [0.717, 1.165) is 36.9 Å². The maximum Gasteiger partial charge on any atom is 0.320 e. The van der Waals surface area contributed by atoms with Crippen LogP contribution in [0.15, 0.2) is 36.4 Å². The van der Waals surface area contributed by atoms with Crippen molar-refractivity contribution >= 4 is 11.8 Å². The summed E-state index contributed by atoms with van der Waals surface area (Å²) >= 11 is 0. The van der Waals surface area contributed by atoms with Crippen molar-refractivity contribution < 1.29 is 9.90 Å². The van der Waals surface area contributed by atoms with Crippen LogP contribution in [0, 0.1) is 5.41 Å². The lowest BCUT2D eigenvalue weighted by atomic mass is 9.93. The highest BCUT2D eigenvalue weighted by Crippen LogP contribution is 2.54. The highest BCUT2D eigenvalue weighted by molar-refractivity contribution is 5.88. The molecular formula is C19H26N4O2. The maximum atomic E-state index is 12.2. The Hall–Kier alpha value is -2.34. The van der Waals surface area contributed by atoms with E-state index in [2.05, 4.69) is 22.7 Å². The molecule has 2 aromatic rings. The van der Waals surface area contributed by atoms with Gasteiger partial charge < -0.3 is 10.4 Å². The zero-order chi connectivity index (χ0) is 17.9. The molecule has 1 fully saturated rings. The molecule has 1 aromatic heterocycles. The smallest absolute Gasteiger partial charge is 0.320 e. The largest absolute Gasteiger partial charge is 0.388 e. The van der Waals surface area contributed by atoms with Gasteiger partial charge in [-0.2, -0.15) is 5.10 Å². The first kappa shape index (κ1) is 17.5. The van der Waals surface area contributed by atoms with Crippen LogP contribution >= 0.6 is 0 Å². The second-order valence-electron chi connectivity index (χ2n) is 6.88. The molecule has 1 aliphatic rings. The van der Waals surface area contributed by atoms with Gasteiger partial charge in [-0.25, -0.2) is 4.79 Å². The minimum atomic E-state index is -0.554. The zero-order valence-electron chi connectivity index (χ0n) is 14.8. The first-order valence-corrected chi connectivity index (χ1v) is 8.85. The molecule has 6 heteroatoms. The third kappa shape index (κ3) is 4.02. The quantitative estimate of drug-likeness (QED) is 0.724. The lowest BCUT2D eigenvalue weighted by Gasteiger charge is -2.23. The Bertz CT molecular complexity index is 722. The van der Waals surface area contributed by atoms with Gasteiger partial charge in [-0.05, 0) is 24.8 Å². The highest BCUT2D eigenvalue weighted by Gasteiger charge is 2.49. The summed E-state index contributed by atoms with van der Waals surface area (Å²) in [6, 6.07) is 11.3. The Morgan fingerprint density at radius 2 is 2.08 bits per heavy atom. The average Bonchev–Trinajstić information content (AvgIpc) is 3.33. The molecule has 0 radical (unpaired) electrons. The van der Waals surface area contributed by atoms with Crippen molar-refractivity contribution in [2.45, 2.75) is 38.7 Å². The number of aliphatic hydroxyl groups excluding tert-OH is 1. The Kier molecular flexibility index (Phi) is 5.08. The van der Waals surface area contributed by atoms with Crippen LogP contribution in [-0.4, -0.2) is 27.5 Å². The van der Waals surface area contributed by atoms with Crippen molar-refractivity contribution in [3.63, 3.8) is 0 Å². The number of nitrogens with zero attached hydrogens (tertiary/aromatic N) is 2. The van der Waals surface area contributed by atoms with Gasteiger partial charge in [0.25, 0.3) is 0 Å². The van der Waals surface area contributed by atoms with E-state index in [1.54, 1.807) is 4.68 Å². The van der Waals surface area contributed by atoms with Crippen LogP contribution in [0.4, 0.5) is 10.6 Å². The molecule has 0 bridgehead atoms. The van der Waals surface area contributed by atoms with Crippen LogP contribution in [0.3, 0.4) is 0 Å². The van der Waals surface area contributed by atoms with Crippen molar-refractivity contribution in [2.24, 2.45) is 12.5 Å². The molecule has 1 atom stereocenters. The molecule has 25 heavy (non-hydrogen) atoms. The van der Waals surface area contributed by atoms with E-state index in [9.17, 15) is 9.90 Å². The van der Waals surface area contributed by atoms with Gasteiger partial charge in [0.1, 0.15) is 5.82 Å². The Morgan fingerprint density at radius 1 is 1.36 bits per heavy atom. The Labute approximate surface area is 148 Å². The standard InChI is InChI=1S/C19H26N4O2/c1-3-7-15-12-16(23(2)22-15)21-18(25)20-13-19(10-11-19)17(24)14-8-5-4-6-9-14/h4-6,8-9,12,17,24H,3,7,10-11,13H2,1-2H3,(H2,20,21,25). The van der Waals surface area contributed by atoms with Crippen molar-refractivity contribution in [1.82, 2.24) is 15.1 Å². The molecule has 2 amide bonds. The van der Waals surface area contributed by atoms with E-state index in [0.29, 0.717) is 12.4 Å². The second-order valence-corrected chi connectivity index (χ2v) is 6.88. The summed E-state index contributed by atoms with van der Waals surface area (Å²) in [7, 11) is 1.82. The van der Waals surface area contributed by atoms with Crippen LogP contribution in [0.1, 0.15) is 43.5 Å². The fourth-order valence-electron chi connectivity index (χ4n) is 3.14. The molecule has 1 saturated carbocycles. The molecule has 0 saturated heterocycles. The van der Waals surface area contributed by atoms with Gasteiger partial charge in [-0.3, -0.25) is 10.00 Å². The molecular weight excluding hydrogens is 316 g/mol. The number of carbonyl (C=O) groups is 1. The predicted octanol–water partition coefficient (Wildman–Crippen LogP) is 3.01. The van der Waals surface area contributed by atoms with E-state index < -0.39 is 6.10 Å². The first-order valence-electron chi connectivity index (χ1n) is 8.85. The normalized spacial score (nSPS) is 16.3. The third-order valence-corrected chi connectivity index (χ3v) is 4.87. The SMILES string of the molecule is CCCc1cc(NC(=O)NCC2(C(O)c3ccccc3)CC2)n(C)n1. The number of urea groups is 1. The molecule has 1 unspecified atom stereocenters. The highest BCUT2D eigenvalue weighted by atomic mass is 16.3. The Balaban J connectivity index is 1.55. The molecule has 134 valence electrons. The number of aryl methyl sites for hydroxylation is 2. The van der Waals surface area contributed by atoms with Gasteiger partial charge >= 0.3 is 6.03 Å². The average molecular weight is 342 g/mol. The third-order valence-electron chi connectivity index (χ3n) is 4.87. The van der Waals surface area contributed by atoms with Gasteiger partial charge in [-0.15, -0.1) is 0 Å². The van der Waals surface area contributed by atoms with Crippen molar-refractivity contribution in [1.29, 1.82) is 0 Å². The number of nitrogens with one attached hydrogen (secondary N) is 2. The summed E-state index contributed by atoms with van der Waals surface area (Å²) in [6.45, 7) is 2.55. The molecule has 0 spiro atoms. The van der Waals surface area contributed by atoms with Crippen LogP contribution in [-0.2, 0) is 13.5 Å². The molecule has 1 heterocycles. The lowest BCUT2D eigenvalue weighted by molar-refractivity contribution is 0.0936. The molecule has 0 aliphatic heterocycles. The molecule has 1 aromatic carbocycles. The maximum absolute atomic E-state index is 12.2.